The lowest BCUT2D eigenvalue weighted by atomic mass is 9.99. The van der Waals surface area contributed by atoms with E-state index in [1.165, 1.54) is 16.0 Å². The highest BCUT2D eigenvalue weighted by Crippen LogP contribution is 2.25. The summed E-state index contributed by atoms with van der Waals surface area (Å²) in [5.74, 6) is 0.0106. The van der Waals surface area contributed by atoms with Gasteiger partial charge >= 0.3 is 0 Å². The number of hydrogen-bond donors (Lipinski definition) is 1. The number of fused-ring (bicyclic) bond motifs is 1. The van der Waals surface area contributed by atoms with E-state index >= 15 is 0 Å². The zero-order chi connectivity index (χ0) is 14.1. The number of benzene rings is 1. The Morgan fingerprint density at radius 3 is 2.90 bits per heavy atom. The Bertz CT molecular complexity index is 653. The molecule has 0 saturated heterocycles. The van der Waals surface area contributed by atoms with Crippen LogP contribution >= 0.6 is 23.4 Å². The number of nitrogens with zero attached hydrogens (tertiary/aromatic N) is 1. The lowest BCUT2D eigenvalue weighted by molar-refractivity contribution is 0.0729. The van der Waals surface area contributed by atoms with Crippen LogP contribution in [0.15, 0.2) is 35.4 Å². The molecule has 3 nitrogen and oxygen atoms in total. The summed E-state index contributed by atoms with van der Waals surface area (Å²) in [5, 5.41) is 0.565. The number of carbonyl (C=O) groups excluding carboxylic acids is 1. The molecule has 0 spiro atoms. The van der Waals surface area contributed by atoms with Gasteiger partial charge in [0.2, 0.25) is 0 Å². The minimum absolute atomic E-state index is 0.0106. The molecule has 0 unspecified atom stereocenters. The number of amides is 1. The Kier molecular flexibility index (Phi) is 3.76. The fourth-order valence-electron chi connectivity index (χ4n) is 2.49. The fraction of sp³-hybridized carbons (Fsp3) is 0.267. The van der Waals surface area contributed by atoms with Crippen LogP contribution in [0.25, 0.3) is 0 Å². The summed E-state index contributed by atoms with van der Waals surface area (Å²) in [4.78, 5) is 18.4. The van der Waals surface area contributed by atoms with E-state index < -0.39 is 0 Å². The zero-order valence-electron chi connectivity index (χ0n) is 11.1. The first-order valence-electron chi connectivity index (χ1n) is 6.46. The second-order valence-corrected chi connectivity index (χ2v) is 6.16. The Hall–Kier alpha value is -1.39. The van der Waals surface area contributed by atoms with Crippen LogP contribution in [0.5, 0.6) is 0 Å². The number of H-pyrrole nitrogens is 1. The van der Waals surface area contributed by atoms with Gasteiger partial charge in [0, 0.05) is 24.2 Å². The van der Waals surface area contributed by atoms with Crippen molar-refractivity contribution in [2.75, 3.05) is 12.8 Å². The maximum absolute atomic E-state index is 12.4. The Labute approximate surface area is 127 Å². The number of thioether (sulfide) groups is 1. The Balaban J connectivity index is 1.80. The van der Waals surface area contributed by atoms with Gasteiger partial charge in [-0.2, -0.15) is 0 Å². The standard InChI is InChI=1S/C15H15ClN2OS/c1-20-13-3-2-11-9-18(5-4-10(11)6-13)15(19)14-7-12(16)8-17-14/h2-3,6-8,17H,4-5,9H2,1H3. The van der Waals surface area contributed by atoms with Crippen molar-refractivity contribution in [2.24, 2.45) is 0 Å². The molecule has 0 bridgehead atoms. The molecule has 1 aliphatic heterocycles. The third-order valence-electron chi connectivity index (χ3n) is 3.59. The molecule has 3 rings (SSSR count). The first-order chi connectivity index (χ1) is 9.67. The fourth-order valence-corrected chi connectivity index (χ4v) is 3.12. The van der Waals surface area contributed by atoms with Crippen LogP contribution < -0.4 is 0 Å². The topological polar surface area (TPSA) is 36.1 Å². The van der Waals surface area contributed by atoms with Crippen molar-refractivity contribution in [3.63, 3.8) is 0 Å². The molecular formula is C15H15ClN2OS. The molecule has 20 heavy (non-hydrogen) atoms. The van der Waals surface area contributed by atoms with Crippen LogP contribution in [-0.2, 0) is 13.0 Å². The molecule has 2 aromatic rings. The molecular weight excluding hydrogens is 292 g/mol. The molecule has 1 N–H and O–H groups in total. The summed E-state index contributed by atoms with van der Waals surface area (Å²) in [6.07, 6.45) is 4.62. The van der Waals surface area contributed by atoms with E-state index in [4.69, 9.17) is 11.6 Å². The van der Waals surface area contributed by atoms with Gasteiger partial charge in [0.15, 0.2) is 0 Å². The lowest BCUT2D eigenvalue weighted by Crippen LogP contribution is -2.36. The number of rotatable bonds is 2. The van der Waals surface area contributed by atoms with Crippen molar-refractivity contribution in [1.82, 2.24) is 9.88 Å². The summed E-state index contributed by atoms with van der Waals surface area (Å²) < 4.78 is 0. The van der Waals surface area contributed by atoms with E-state index in [-0.39, 0.29) is 5.91 Å². The summed E-state index contributed by atoms with van der Waals surface area (Å²) >= 11 is 7.60. The van der Waals surface area contributed by atoms with Crippen molar-refractivity contribution in [3.05, 3.63) is 52.3 Å². The van der Waals surface area contributed by atoms with Crippen molar-refractivity contribution >= 4 is 29.3 Å². The van der Waals surface area contributed by atoms with Gasteiger partial charge in [-0.05, 0) is 42.0 Å². The van der Waals surface area contributed by atoms with Crippen LogP contribution in [0.2, 0.25) is 5.02 Å². The summed E-state index contributed by atoms with van der Waals surface area (Å²) in [6.45, 7) is 1.42. The van der Waals surface area contributed by atoms with E-state index in [0.29, 0.717) is 17.3 Å². The third kappa shape index (κ3) is 2.58. The first-order valence-corrected chi connectivity index (χ1v) is 8.06. The van der Waals surface area contributed by atoms with Gasteiger partial charge in [0.1, 0.15) is 5.69 Å². The van der Waals surface area contributed by atoms with Crippen molar-refractivity contribution in [3.8, 4) is 0 Å². The molecule has 5 heteroatoms. The molecule has 1 aliphatic rings. The van der Waals surface area contributed by atoms with Gasteiger partial charge in [-0.3, -0.25) is 4.79 Å². The molecule has 0 saturated carbocycles. The molecule has 0 atom stereocenters. The predicted molar refractivity (Wildman–Crippen MR) is 82.5 cm³/mol. The highest BCUT2D eigenvalue weighted by atomic mass is 35.5. The molecule has 1 amide bonds. The van der Waals surface area contributed by atoms with Gasteiger partial charge in [0.25, 0.3) is 5.91 Å². The van der Waals surface area contributed by atoms with Crippen LogP contribution in [0.3, 0.4) is 0 Å². The first kappa shape index (κ1) is 13.6. The SMILES string of the molecule is CSc1ccc2c(c1)CCN(C(=O)c1cc(Cl)c[nH]1)C2. The zero-order valence-corrected chi connectivity index (χ0v) is 12.7. The van der Waals surface area contributed by atoms with Crippen molar-refractivity contribution in [2.45, 2.75) is 17.9 Å². The average molecular weight is 307 g/mol. The van der Waals surface area contributed by atoms with Crippen molar-refractivity contribution < 1.29 is 4.79 Å². The molecule has 0 aliphatic carbocycles. The van der Waals surface area contributed by atoms with Gasteiger partial charge in [-0.15, -0.1) is 11.8 Å². The number of aromatic nitrogens is 1. The van der Waals surface area contributed by atoms with E-state index in [1.807, 2.05) is 4.90 Å². The maximum atomic E-state index is 12.4. The number of aromatic amines is 1. The number of halogens is 1. The minimum atomic E-state index is 0.0106. The molecule has 104 valence electrons. The largest absolute Gasteiger partial charge is 0.356 e. The molecule has 0 radical (unpaired) electrons. The number of nitrogens with one attached hydrogen (secondary N) is 1. The predicted octanol–water partition coefficient (Wildman–Crippen LogP) is 3.59. The van der Waals surface area contributed by atoms with Gasteiger partial charge < -0.3 is 9.88 Å². The minimum Gasteiger partial charge on any atom is -0.356 e. The second kappa shape index (κ2) is 5.54. The molecule has 1 aromatic heterocycles. The van der Waals surface area contributed by atoms with Crippen LogP contribution in [0, 0.1) is 0 Å². The van der Waals surface area contributed by atoms with Crippen molar-refractivity contribution in [1.29, 1.82) is 0 Å². The lowest BCUT2D eigenvalue weighted by Gasteiger charge is -2.28. The van der Waals surface area contributed by atoms with E-state index in [0.717, 1.165) is 13.0 Å². The van der Waals surface area contributed by atoms with Crippen LogP contribution in [-0.4, -0.2) is 28.6 Å². The summed E-state index contributed by atoms with van der Waals surface area (Å²) in [7, 11) is 0. The normalized spacial score (nSPS) is 14.2. The molecule has 2 heterocycles. The smallest absolute Gasteiger partial charge is 0.270 e. The average Bonchev–Trinajstić information content (AvgIpc) is 2.92. The third-order valence-corrected chi connectivity index (χ3v) is 4.53. The maximum Gasteiger partial charge on any atom is 0.270 e. The van der Waals surface area contributed by atoms with E-state index in [2.05, 4.69) is 29.4 Å². The van der Waals surface area contributed by atoms with Crippen LogP contribution in [0.4, 0.5) is 0 Å². The number of hydrogen-bond acceptors (Lipinski definition) is 2. The van der Waals surface area contributed by atoms with E-state index in [9.17, 15) is 4.79 Å². The highest BCUT2D eigenvalue weighted by molar-refractivity contribution is 7.98. The molecule has 0 fully saturated rings. The highest BCUT2D eigenvalue weighted by Gasteiger charge is 2.22. The molecule has 1 aromatic carbocycles. The monoisotopic (exact) mass is 306 g/mol. The summed E-state index contributed by atoms with van der Waals surface area (Å²) in [6, 6.07) is 8.15. The second-order valence-electron chi connectivity index (χ2n) is 4.84. The van der Waals surface area contributed by atoms with Gasteiger partial charge in [-0.25, -0.2) is 0 Å². The number of carbonyl (C=O) groups is 1. The Morgan fingerprint density at radius 1 is 1.35 bits per heavy atom. The van der Waals surface area contributed by atoms with Gasteiger partial charge in [-0.1, -0.05) is 17.7 Å². The van der Waals surface area contributed by atoms with Gasteiger partial charge in [0.05, 0.1) is 5.02 Å². The quantitative estimate of drug-likeness (QED) is 0.861. The Morgan fingerprint density at radius 2 is 2.20 bits per heavy atom. The van der Waals surface area contributed by atoms with Crippen LogP contribution in [0.1, 0.15) is 21.6 Å². The summed E-state index contributed by atoms with van der Waals surface area (Å²) in [5.41, 5.74) is 3.14. The van der Waals surface area contributed by atoms with E-state index in [1.54, 1.807) is 24.0 Å².